The second-order valence-electron chi connectivity index (χ2n) is 7.06. The molecule has 3 aromatic rings. The second-order valence-corrected chi connectivity index (χ2v) is 7.06. The molecule has 6 nitrogen and oxygen atoms in total. The van der Waals surface area contributed by atoms with Gasteiger partial charge in [0.15, 0.2) is 11.5 Å². The lowest BCUT2D eigenvalue weighted by Gasteiger charge is -2.33. The number of rotatable bonds is 7. The average molecular weight is 402 g/mol. The highest BCUT2D eigenvalue weighted by molar-refractivity contribution is 5.80. The third kappa shape index (κ3) is 5.08. The highest BCUT2D eigenvalue weighted by Gasteiger charge is 2.16. The van der Waals surface area contributed by atoms with E-state index in [1.165, 1.54) is 0 Å². The van der Waals surface area contributed by atoms with Gasteiger partial charge in [0.25, 0.3) is 0 Å². The van der Waals surface area contributed by atoms with Crippen LogP contribution < -0.4 is 14.4 Å². The van der Waals surface area contributed by atoms with Crippen LogP contribution in [0.5, 0.6) is 11.5 Å². The van der Waals surface area contributed by atoms with Crippen molar-refractivity contribution in [3.8, 4) is 11.5 Å². The first-order chi connectivity index (χ1) is 14.8. The van der Waals surface area contributed by atoms with E-state index in [9.17, 15) is 0 Å². The Morgan fingerprint density at radius 3 is 2.47 bits per heavy atom. The number of ether oxygens (including phenoxy) is 2. The van der Waals surface area contributed by atoms with E-state index in [1.807, 2.05) is 79.1 Å². The lowest BCUT2D eigenvalue weighted by atomic mass is 10.2. The molecule has 4 rings (SSSR count). The van der Waals surface area contributed by atoms with Crippen LogP contribution in [0.15, 0.2) is 78.0 Å². The van der Waals surface area contributed by atoms with Gasteiger partial charge in [-0.15, -0.1) is 0 Å². The van der Waals surface area contributed by atoms with Crippen LogP contribution in [0.3, 0.4) is 0 Å². The zero-order chi connectivity index (χ0) is 20.6. The largest absolute Gasteiger partial charge is 0.493 e. The zero-order valence-electron chi connectivity index (χ0n) is 17.1. The zero-order valence-corrected chi connectivity index (χ0v) is 17.1. The highest BCUT2D eigenvalue weighted by Crippen LogP contribution is 2.28. The molecule has 30 heavy (non-hydrogen) atoms. The topological polar surface area (TPSA) is 50.2 Å². The molecule has 1 aromatic heterocycles. The van der Waals surface area contributed by atoms with Gasteiger partial charge < -0.3 is 14.4 Å². The molecule has 154 valence electrons. The molecule has 0 unspecified atom stereocenters. The fraction of sp³-hybridized carbons (Fsp3) is 0.250. The quantitative estimate of drug-likeness (QED) is 0.562. The first-order valence-corrected chi connectivity index (χ1v) is 10.1. The van der Waals surface area contributed by atoms with Crippen LogP contribution in [-0.4, -0.2) is 49.5 Å². The lowest BCUT2D eigenvalue weighted by molar-refractivity contribution is 0.271. The Bertz CT molecular complexity index is 955. The van der Waals surface area contributed by atoms with Crippen LogP contribution in [0, 0.1) is 0 Å². The Morgan fingerprint density at radius 2 is 1.73 bits per heavy atom. The van der Waals surface area contributed by atoms with Crippen LogP contribution in [0.25, 0.3) is 0 Å². The van der Waals surface area contributed by atoms with Crippen LogP contribution >= 0.6 is 0 Å². The van der Waals surface area contributed by atoms with E-state index in [-0.39, 0.29) is 0 Å². The number of methoxy groups -OCH3 is 1. The van der Waals surface area contributed by atoms with Crippen LogP contribution in [-0.2, 0) is 6.61 Å². The molecule has 0 N–H and O–H groups in total. The van der Waals surface area contributed by atoms with Crippen molar-refractivity contribution >= 4 is 12.0 Å². The van der Waals surface area contributed by atoms with Crippen molar-refractivity contribution in [3.63, 3.8) is 0 Å². The number of pyridine rings is 1. The van der Waals surface area contributed by atoms with Gasteiger partial charge in [-0.2, -0.15) is 5.10 Å². The number of aromatic nitrogens is 1. The number of nitrogens with zero attached hydrogens (tertiary/aromatic N) is 4. The molecular weight excluding hydrogens is 376 g/mol. The summed E-state index contributed by atoms with van der Waals surface area (Å²) >= 11 is 0. The normalized spacial score (nSPS) is 14.2. The fourth-order valence-corrected chi connectivity index (χ4v) is 3.35. The molecule has 0 bridgehead atoms. The molecule has 2 aromatic carbocycles. The molecule has 1 fully saturated rings. The van der Waals surface area contributed by atoms with Gasteiger partial charge in [0.2, 0.25) is 0 Å². The van der Waals surface area contributed by atoms with E-state index >= 15 is 0 Å². The van der Waals surface area contributed by atoms with Crippen LogP contribution in [0.1, 0.15) is 11.1 Å². The number of benzene rings is 2. The third-order valence-electron chi connectivity index (χ3n) is 5.02. The minimum Gasteiger partial charge on any atom is -0.493 e. The van der Waals surface area contributed by atoms with Crippen molar-refractivity contribution in [2.75, 3.05) is 38.2 Å². The summed E-state index contributed by atoms with van der Waals surface area (Å²) in [6.07, 6.45) is 3.71. The van der Waals surface area contributed by atoms with Crippen molar-refractivity contribution in [2.24, 2.45) is 5.10 Å². The van der Waals surface area contributed by atoms with Gasteiger partial charge in [0.05, 0.1) is 26.4 Å². The number of piperazine rings is 1. The maximum absolute atomic E-state index is 6.00. The Kier molecular flexibility index (Phi) is 6.44. The smallest absolute Gasteiger partial charge is 0.162 e. The molecule has 0 saturated carbocycles. The van der Waals surface area contributed by atoms with Gasteiger partial charge in [-0.1, -0.05) is 36.4 Å². The number of hydrazone groups is 1. The average Bonchev–Trinajstić information content (AvgIpc) is 2.83. The Balaban J connectivity index is 1.36. The van der Waals surface area contributed by atoms with E-state index in [1.54, 1.807) is 7.11 Å². The summed E-state index contributed by atoms with van der Waals surface area (Å²) in [5.74, 6) is 2.45. The summed E-state index contributed by atoms with van der Waals surface area (Å²) in [5.41, 5.74) is 2.09. The molecule has 2 heterocycles. The second kappa shape index (κ2) is 9.78. The molecule has 0 amide bonds. The van der Waals surface area contributed by atoms with Gasteiger partial charge in [-0.05, 0) is 41.5 Å². The van der Waals surface area contributed by atoms with Crippen molar-refractivity contribution in [2.45, 2.75) is 6.61 Å². The summed E-state index contributed by atoms with van der Waals surface area (Å²) < 4.78 is 11.4. The van der Waals surface area contributed by atoms with Gasteiger partial charge in [-0.3, -0.25) is 5.01 Å². The predicted octanol–water partition coefficient (Wildman–Crippen LogP) is 3.83. The molecule has 0 spiro atoms. The Morgan fingerprint density at radius 1 is 0.933 bits per heavy atom. The number of hydrogen-bond donors (Lipinski definition) is 0. The van der Waals surface area contributed by atoms with Crippen LogP contribution in [0.4, 0.5) is 5.82 Å². The minimum atomic E-state index is 0.493. The summed E-state index contributed by atoms with van der Waals surface area (Å²) in [6, 6.07) is 22.0. The van der Waals surface area contributed by atoms with Crippen molar-refractivity contribution in [3.05, 3.63) is 84.1 Å². The molecular formula is C24H26N4O2. The minimum absolute atomic E-state index is 0.493. The van der Waals surface area contributed by atoms with E-state index in [4.69, 9.17) is 9.47 Å². The highest BCUT2D eigenvalue weighted by atomic mass is 16.5. The standard InChI is InChI=1S/C24H26N4O2/c1-29-22-11-10-21(17-23(22)30-19-20-7-3-2-4-8-20)18-26-28-15-13-27(14-16-28)24-9-5-6-12-25-24/h2-12,17-18H,13-16,19H2,1H3/b26-18-. The maximum Gasteiger partial charge on any atom is 0.162 e. The molecule has 1 aliphatic rings. The summed E-state index contributed by atoms with van der Waals surface area (Å²) in [5, 5.41) is 6.75. The molecule has 6 heteroatoms. The first-order valence-electron chi connectivity index (χ1n) is 10.1. The SMILES string of the molecule is COc1ccc(/C=N\N2CCN(c3ccccn3)CC2)cc1OCc1ccccc1. The monoisotopic (exact) mass is 402 g/mol. The van der Waals surface area contributed by atoms with E-state index < -0.39 is 0 Å². The van der Waals surface area contributed by atoms with E-state index in [0.717, 1.165) is 43.1 Å². The predicted molar refractivity (Wildman–Crippen MR) is 119 cm³/mol. The van der Waals surface area contributed by atoms with Gasteiger partial charge in [0.1, 0.15) is 12.4 Å². The van der Waals surface area contributed by atoms with E-state index in [2.05, 4.69) is 20.0 Å². The van der Waals surface area contributed by atoms with Crippen LogP contribution in [0.2, 0.25) is 0 Å². The summed E-state index contributed by atoms with van der Waals surface area (Å²) in [4.78, 5) is 6.72. The molecule has 1 aliphatic heterocycles. The molecule has 1 saturated heterocycles. The Labute approximate surface area is 177 Å². The van der Waals surface area contributed by atoms with Crippen molar-refractivity contribution in [1.29, 1.82) is 0 Å². The van der Waals surface area contributed by atoms with Gasteiger partial charge in [0, 0.05) is 19.3 Å². The summed E-state index contributed by atoms with van der Waals surface area (Å²) in [7, 11) is 1.65. The summed E-state index contributed by atoms with van der Waals surface area (Å²) in [6.45, 7) is 4.03. The van der Waals surface area contributed by atoms with Gasteiger partial charge >= 0.3 is 0 Å². The molecule has 0 atom stereocenters. The lowest BCUT2D eigenvalue weighted by Crippen LogP contribution is -2.44. The molecule has 0 radical (unpaired) electrons. The number of hydrogen-bond acceptors (Lipinski definition) is 6. The van der Waals surface area contributed by atoms with Crippen molar-refractivity contribution < 1.29 is 9.47 Å². The third-order valence-corrected chi connectivity index (χ3v) is 5.02. The van der Waals surface area contributed by atoms with Crippen molar-refractivity contribution in [1.82, 2.24) is 9.99 Å². The fourth-order valence-electron chi connectivity index (χ4n) is 3.35. The molecule has 0 aliphatic carbocycles. The Hall–Kier alpha value is -3.54. The number of anilines is 1. The van der Waals surface area contributed by atoms with E-state index in [0.29, 0.717) is 18.1 Å². The first kappa shape index (κ1) is 19.8. The van der Waals surface area contributed by atoms with Gasteiger partial charge in [-0.25, -0.2) is 4.98 Å². The maximum atomic E-state index is 6.00.